The van der Waals surface area contributed by atoms with E-state index in [9.17, 15) is 0 Å². The second-order valence-electron chi connectivity index (χ2n) is 4.70. The molecule has 0 saturated carbocycles. The molecule has 2 heterocycles. The molecule has 1 fully saturated rings. The van der Waals surface area contributed by atoms with Gasteiger partial charge in [0.05, 0.1) is 11.9 Å². The van der Waals surface area contributed by atoms with E-state index in [-0.39, 0.29) is 0 Å². The van der Waals surface area contributed by atoms with E-state index >= 15 is 0 Å². The van der Waals surface area contributed by atoms with Gasteiger partial charge < -0.3 is 10.2 Å². The van der Waals surface area contributed by atoms with Gasteiger partial charge in [0, 0.05) is 31.5 Å². The highest BCUT2D eigenvalue weighted by atomic mass is 15.1. The Morgan fingerprint density at radius 1 is 1.17 bits per heavy atom. The Kier molecular flexibility index (Phi) is 3.17. The number of benzene rings is 1. The molecule has 0 bridgehead atoms. The summed E-state index contributed by atoms with van der Waals surface area (Å²) < 4.78 is 0. The van der Waals surface area contributed by atoms with Crippen molar-refractivity contribution in [2.75, 3.05) is 23.3 Å². The van der Waals surface area contributed by atoms with Crippen LogP contribution in [-0.2, 0) is 6.54 Å². The Morgan fingerprint density at radius 3 is 2.61 bits per heavy atom. The molecule has 2 aromatic rings. The zero-order chi connectivity index (χ0) is 12.2. The first-order chi connectivity index (χ1) is 8.92. The van der Waals surface area contributed by atoms with Gasteiger partial charge in [-0.3, -0.25) is 5.10 Å². The molecule has 1 aromatic heterocycles. The van der Waals surface area contributed by atoms with Crippen LogP contribution in [0.2, 0.25) is 0 Å². The minimum Gasteiger partial charge on any atom is -0.378 e. The Bertz CT molecular complexity index is 469. The van der Waals surface area contributed by atoms with Crippen molar-refractivity contribution in [1.82, 2.24) is 10.2 Å². The maximum Gasteiger partial charge on any atom is 0.0726 e. The molecule has 0 aliphatic carbocycles. The zero-order valence-electron chi connectivity index (χ0n) is 10.4. The number of anilines is 2. The van der Waals surface area contributed by atoms with Crippen LogP contribution in [0, 0.1) is 0 Å². The summed E-state index contributed by atoms with van der Waals surface area (Å²) >= 11 is 0. The number of nitrogens with zero attached hydrogens (tertiary/aromatic N) is 2. The lowest BCUT2D eigenvalue weighted by atomic mass is 10.2. The quantitative estimate of drug-likeness (QED) is 0.866. The maximum absolute atomic E-state index is 3.91. The largest absolute Gasteiger partial charge is 0.378 e. The Balaban J connectivity index is 1.60. The van der Waals surface area contributed by atoms with E-state index in [2.05, 4.69) is 44.7 Å². The number of hydrogen-bond acceptors (Lipinski definition) is 3. The van der Waals surface area contributed by atoms with Crippen LogP contribution in [-0.4, -0.2) is 23.3 Å². The first kappa shape index (κ1) is 11.1. The van der Waals surface area contributed by atoms with Crippen LogP contribution >= 0.6 is 0 Å². The van der Waals surface area contributed by atoms with Gasteiger partial charge in [-0.15, -0.1) is 0 Å². The lowest BCUT2D eigenvalue weighted by Crippen LogP contribution is -2.17. The summed E-state index contributed by atoms with van der Waals surface area (Å²) in [6.07, 6.45) is 6.30. The smallest absolute Gasteiger partial charge is 0.0726 e. The normalized spacial score (nSPS) is 15.0. The summed E-state index contributed by atoms with van der Waals surface area (Å²) in [5.41, 5.74) is 3.66. The van der Waals surface area contributed by atoms with Gasteiger partial charge in [-0.2, -0.15) is 5.10 Å². The van der Waals surface area contributed by atoms with E-state index in [1.807, 2.05) is 6.20 Å². The van der Waals surface area contributed by atoms with E-state index in [0.29, 0.717) is 0 Å². The van der Waals surface area contributed by atoms with Gasteiger partial charge in [0.2, 0.25) is 0 Å². The molecule has 2 N–H and O–H groups in total. The van der Waals surface area contributed by atoms with Gasteiger partial charge in [0.15, 0.2) is 0 Å². The number of hydrogen-bond donors (Lipinski definition) is 2. The number of H-pyrrole nitrogens is 1. The number of rotatable bonds is 4. The standard InChI is InChI=1S/C14H18N4/c1-2-8-18(7-1)14-5-3-12(4-6-14)9-15-13-10-16-17-11-13/h3-6,10-11,15H,1-2,7-9H2,(H,16,17). The minimum absolute atomic E-state index is 0.833. The first-order valence-electron chi connectivity index (χ1n) is 6.48. The fourth-order valence-electron chi connectivity index (χ4n) is 2.35. The average molecular weight is 242 g/mol. The van der Waals surface area contributed by atoms with Crippen molar-refractivity contribution >= 4 is 11.4 Å². The van der Waals surface area contributed by atoms with Crippen molar-refractivity contribution < 1.29 is 0 Å². The van der Waals surface area contributed by atoms with E-state index in [4.69, 9.17) is 0 Å². The van der Waals surface area contributed by atoms with E-state index < -0.39 is 0 Å². The molecule has 18 heavy (non-hydrogen) atoms. The van der Waals surface area contributed by atoms with Crippen molar-refractivity contribution in [2.24, 2.45) is 0 Å². The van der Waals surface area contributed by atoms with Gasteiger partial charge >= 0.3 is 0 Å². The van der Waals surface area contributed by atoms with Crippen LogP contribution in [0.5, 0.6) is 0 Å². The second-order valence-corrected chi connectivity index (χ2v) is 4.70. The summed E-state index contributed by atoms with van der Waals surface area (Å²) in [5.74, 6) is 0. The molecule has 0 unspecified atom stereocenters. The first-order valence-corrected chi connectivity index (χ1v) is 6.48. The van der Waals surface area contributed by atoms with Gasteiger partial charge in [-0.25, -0.2) is 0 Å². The van der Waals surface area contributed by atoms with Crippen molar-refractivity contribution in [3.8, 4) is 0 Å². The molecule has 1 aliphatic rings. The lowest BCUT2D eigenvalue weighted by molar-refractivity contribution is 0.949. The topological polar surface area (TPSA) is 44.0 Å². The third-order valence-electron chi connectivity index (χ3n) is 3.40. The Labute approximate surface area is 107 Å². The molecule has 1 aliphatic heterocycles. The SMILES string of the molecule is c1cc(N2CCCC2)ccc1CNc1cn[nH]c1. The van der Waals surface area contributed by atoms with Gasteiger partial charge in [0.1, 0.15) is 0 Å². The highest BCUT2D eigenvalue weighted by Crippen LogP contribution is 2.20. The maximum atomic E-state index is 3.91. The predicted octanol–water partition coefficient (Wildman–Crippen LogP) is 2.62. The molecule has 1 saturated heterocycles. The molecule has 0 atom stereocenters. The van der Waals surface area contributed by atoms with Crippen LogP contribution in [0.25, 0.3) is 0 Å². The molecule has 0 spiro atoms. The van der Waals surface area contributed by atoms with Crippen LogP contribution < -0.4 is 10.2 Å². The van der Waals surface area contributed by atoms with Crippen molar-refractivity contribution in [1.29, 1.82) is 0 Å². The molecule has 1 aromatic carbocycles. The fourth-order valence-corrected chi connectivity index (χ4v) is 2.35. The third-order valence-corrected chi connectivity index (χ3v) is 3.40. The molecule has 4 nitrogen and oxygen atoms in total. The summed E-state index contributed by atoms with van der Waals surface area (Å²) in [6, 6.07) is 8.83. The number of aromatic nitrogens is 2. The molecule has 0 radical (unpaired) electrons. The lowest BCUT2D eigenvalue weighted by Gasteiger charge is -2.17. The number of aromatic amines is 1. The van der Waals surface area contributed by atoms with Gasteiger partial charge in [-0.05, 0) is 30.5 Å². The van der Waals surface area contributed by atoms with Crippen LogP contribution in [0.4, 0.5) is 11.4 Å². The minimum atomic E-state index is 0.833. The predicted molar refractivity (Wildman–Crippen MR) is 73.8 cm³/mol. The fraction of sp³-hybridized carbons (Fsp3) is 0.357. The van der Waals surface area contributed by atoms with Gasteiger partial charge in [-0.1, -0.05) is 12.1 Å². The zero-order valence-corrected chi connectivity index (χ0v) is 10.4. The van der Waals surface area contributed by atoms with E-state index in [0.717, 1.165) is 12.2 Å². The molecular formula is C14H18N4. The molecule has 0 amide bonds. The molecule has 3 rings (SSSR count). The van der Waals surface area contributed by atoms with Gasteiger partial charge in [0.25, 0.3) is 0 Å². The van der Waals surface area contributed by atoms with E-state index in [1.165, 1.54) is 37.2 Å². The summed E-state index contributed by atoms with van der Waals surface area (Å²) in [6.45, 7) is 3.24. The molecule has 4 heteroatoms. The summed E-state index contributed by atoms with van der Waals surface area (Å²) in [5, 5.41) is 10.0. The highest BCUT2D eigenvalue weighted by Gasteiger charge is 2.11. The number of nitrogens with one attached hydrogen (secondary N) is 2. The second kappa shape index (κ2) is 5.12. The van der Waals surface area contributed by atoms with Crippen LogP contribution in [0.1, 0.15) is 18.4 Å². The summed E-state index contributed by atoms with van der Waals surface area (Å²) in [7, 11) is 0. The van der Waals surface area contributed by atoms with Crippen molar-refractivity contribution in [3.05, 3.63) is 42.2 Å². The summed E-state index contributed by atoms with van der Waals surface area (Å²) in [4.78, 5) is 2.45. The Hall–Kier alpha value is -1.97. The van der Waals surface area contributed by atoms with Crippen LogP contribution in [0.15, 0.2) is 36.7 Å². The molecule has 94 valence electrons. The van der Waals surface area contributed by atoms with Crippen molar-refractivity contribution in [2.45, 2.75) is 19.4 Å². The average Bonchev–Trinajstić information content (AvgIpc) is 3.10. The monoisotopic (exact) mass is 242 g/mol. The molecular weight excluding hydrogens is 224 g/mol. The van der Waals surface area contributed by atoms with Crippen molar-refractivity contribution in [3.63, 3.8) is 0 Å². The van der Waals surface area contributed by atoms with Crippen LogP contribution in [0.3, 0.4) is 0 Å². The third kappa shape index (κ3) is 2.47. The highest BCUT2D eigenvalue weighted by molar-refractivity contribution is 5.49. The Morgan fingerprint density at radius 2 is 1.94 bits per heavy atom. The van der Waals surface area contributed by atoms with E-state index in [1.54, 1.807) is 6.20 Å².